The lowest BCUT2D eigenvalue weighted by Gasteiger charge is -2.28. The van der Waals surface area contributed by atoms with Crippen molar-refractivity contribution in [2.75, 3.05) is 29.5 Å². The molecule has 3 nitrogen and oxygen atoms in total. The van der Waals surface area contributed by atoms with Gasteiger partial charge >= 0.3 is 0 Å². The molecule has 88 valence electrons. The van der Waals surface area contributed by atoms with E-state index in [1.807, 2.05) is 36.2 Å². The maximum Gasteiger partial charge on any atom is 0.0951 e. The van der Waals surface area contributed by atoms with E-state index in [1.54, 1.807) is 0 Å². The van der Waals surface area contributed by atoms with Crippen molar-refractivity contribution < 1.29 is 0 Å². The fraction of sp³-hybridized carbons (Fsp3) is 0.333. The zero-order valence-corrected chi connectivity index (χ0v) is 10.8. The van der Waals surface area contributed by atoms with Gasteiger partial charge in [-0.15, -0.1) is 0 Å². The number of nitrogens with zero attached hydrogens (tertiary/aromatic N) is 3. The van der Waals surface area contributed by atoms with E-state index < -0.39 is 0 Å². The van der Waals surface area contributed by atoms with Crippen LogP contribution in [-0.4, -0.2) is 34.8 Å². The standard InChI is InChI=1S/C12H12ClN3S/c13-9-1-2-11-10(7-9)12(8-14-15-11)16-3-5-17-6-4-16/h1-2,7-8H,3-6H2. The predicted molar refractivity (Wildman–Crippen MR) is 74.1 cm³/mol. The first-order valence-electron chi connectivity index (χ1n) is 5.58. The minimum Gasteiger partial charge on any atom is -0.368 e. The van der Waals surface area contributed by atoms with E-state index >= 15 is 0 Å². The summed E-state index contributed by atoms with van der Waals surface area (Å²) < 4.78 is 0. The first kappa shape index (κ1) is 11.1. The Hall–Kier alpha value is -1.00. The molecule has 1 fully saturated rings. The van der Waals surface area contributed by atoms with E-state index in [-0.39, 0.29) is 0 Å². The second-order valence-electron chi connectivity index (χ2n) is 3.99. The second kappa shape index (κ2) is 4.70. The number of anilines is 1. The summed E-state index contributed by atoms with van der Waals surface area (Å²) in [6.45, 7) is 2.13. The van der Waals surface area contributed by atoms with E-state index in [4.69, 9.17) is 11.6 Å². The van der Waals surface area contributed by atoms with E-state index in [2.05, 4.69) is 15.1 Å². The molecule has 3 rings (SSSR count). The van der Waals surface area contributed by atoms with E-state index in [9.17, 15) is 0 Å². The molecule has 0 radical (unpaired) electrons. The highest BCUT2D eigenvalue weighted by Gasteiger charge is 2.14. The summed E-state index contributed by atoms with van der Waals surface area (Å²) in [5.41, 5.74) is 2.06. The van der Waals surface area contributed by atoms with Gasteiger partial charge in [0.2, 0.25) is 0 Å². The average molecular weight is 266 g/mol. The second-order valence-corrected chi connectivity index (χ2v) is 5.65. The topological polar surface area (TPSA) is 29.0 Å². The van der Waals surface area contributed by atoms with Gasteiger partial charge in [0, 0.05) is 35.0 Å². The molecule has 5 heteroatoms. The third kappa shape index (κ3) is 2.19. The van der Waals surface area contributed by atoms with Crippen LogP contribution in [0.2, 0.25) is 5.02 Å². The Labute approximate surface area is 109 Å². The zero-order chi connectivity index (χ0) is 11.7. The van der Waals surface area contributed by atoms with Gasteiger partial charge < -0.3 is 4.90 Å². The maximum atomic E-state index is 6.06. The summed E-state index contributed by atoms with van der Waals surface area (Å²) in [7, 11) is 0. The monoisotopic (exact) mass is 265 g/mol. The Bertz CT molecular complexity index is 540. The van der Waals surface area contributed by atoms with Crippen LogP contribution >= 0.6 is 23.4 Å². The molecular formula is C12H12ClN3S. The van der Waals surface area contributed by atoms with Crippen molar-refractivity contribution in [3.63, 3.8) is 0 Å². The number of halogens is 1. The van der Waals surface area contributed by atoms with E-state index in [1.165, 1.54) is 11.5 Å². The number of hydrogen-bond donors (Lipinski definition) is 0. The Balaban J connectivity index is 2.11. The molecule has 0 amide bonds. The first-order chi connectivity index (χ1) is 8.34. The molecule has 1 aromatic heterocycles. The molecule has 1 aliphatic rings. The van der Waals surface area contributed by atoms with Crippen LogP contribution in [0.25, 0.3) is 10.9 Å². The highest BCUT2D eigenvalue weighted by Crippen LogP contribution is 2.28. The Morgan fingerprint density at radius 2 is 2.06 bits per heavy atom. The first-order valence-corrected chi connectivity index (χ1v) is 7.11. The molecule has 1 saturated heterocycles. The van der Waals surface area contributed by atoms with Gasteiger partial charge in [0.15, 0.2) is 0 Å². The number of rotatable bonds is 1. The summed E-state index contributed by atoms with van der Waals surface area (Å²) in [6, 6.07) is 5.75. The van der Waals surface area contributed by atoms with E-state index in [0.29, 0.717) is 0 Å². The number of hydrogen-bond acceptors (Lipinski definition) is 4. The third-order valence-electron chi connectivity index (χ3n) is 2.93. The lowest BCUT2D eigenvalue weighted by atomic mass is 10.2. The van der Waals surface area contributed by atoms with Gasteiger partial charge in [-0.2, -0.15) is 22.0 Å². The molecule has 2 heterocycles. The molecule has 0 N–H and O–H groups in total. The van der Waals surface area contributed by atoms with Gasteiger partial charge in [-0.05, 0) is 18.2 Å². The summed E-state index contributed by atoms with van der Waals surface area (Å²) in [5, 5.41) is 10.1. The Morgan fingerprint density at radius 1 is 1.24 bits per heavy atom. The molecule has 17 heavy (non-hydrogen) atoms. The number of thioether (sulfide) groups is 1. The Morgan fingerprint density at radius 3 is 2.88 bits per heavy atom. The molecule has 0 bridgehead atoms. The molecular weight excluding hydrogens is 254 g/mol. The van der Waals surface area contributed by atoms with Gasteiger partial charge in [-0.3, -0.25) is 0 Å². The lowest BCUT2D eigenvalue weighted by molar-refractivity contribution is 0.855. The lowest BCUT2D eigenvalue weighted by Crippen LogP contribution is -2.32. The quantitative estimate of drug-likeness (QED) is 0.793. The normalized spacial score (nSPS) is 16.4. The summed E-state index contributed by atoms with van der Waals surface area (Å²) in [6.07, 6.45) is 1.84. The van der Waals surface area contributed by atoms with Gasteiger partial charge in [0.05, 0.1) is 17.4 Å². The van der Waals surface area contributed by atoms with Crippen LogP contribution in [0.3, 0.4) is 0 Å². The van der Waals surface area contributed by atoms with Crippen molar-refractivity contribution in [3.8, 4) is 0 Å². The molecule has 0 spiro atoms. The SMILES string of the molecule is Clc1ccc2nncc(N3CCSCC3)c2c1. The van der Waals surface area contributed by atoms with Crippen molar-refractivity contribution in [1.82, 2.24) is 10.2 Å². The van der Waals surface area contributed by atoms with Crippen LogP contribution in [0.5, 0.6) is 0 Å². The summed E-state index contributed by atoms with van der Waals surface area (Å²) >= 11 is 8.06. The van der Waals surface area contributed by atoms with Crippen molar-refractivity contribution in [1.29, 1.82) is 0 Å². The molecule has 1 aromatic carbocycles. The average Bonchev–Trinajstić information content (AvgIpc) is 2.39. The van der Waals surface area contributed by atoms with Crippen LogP contribution < -0.4 is 4.90 Å². The molecule has 0 saturated carbocycles. The van der Waals surface area contributed by atoms with Gasteiger partial charge in [0.25, 0.3) is 0 Å². The van der Waals surface area contributed by atoms with Gasteiger partial charge in [-0.1, -0.05) is 11.6 Å². The van der Waals surface area contributed by atoms with Crippen molar-refractivity contribution in [2.24, 2.45) is 0 Å². The summed E-state index contributed by atoms with van der Waals surface area (Å²) in [5.74, 6) is 2.34. The van der Waals surface area contributed by atoms with Crippen LogP contribution in [0, 0.1) is 0 Å². The molecule has 2 aromatic rings. The minimum absolute atomic E-state index is 0.748. The predicted octanol–water partition coefficient (Wildman–Crippen LogP) is 2.84. The van der Waals surface area contributed by atoms with Crippen LogP contribution in [-0.2, 0) is 0 Å². The number of aromatic nitrogens is 2. The minimum atomic E-state index is 0.748. The van der Waals surface area contributed by atoms with E-state index in [0.717, 1.165) is 34.7 Å². The number of fused-ring (bicyclic) bond motifs is 1. The molecule has 0 unspecified atom stereocenters. The number of benzene rings is 1. The fourth-order valence-corrected chi connectivity index (χ4v) is 3.15. The molecule has 1 aliphatic heterocycles. The summed E-state index contributed by atoms with van der Waals surface area (Å²) in [4.78, 5) is 2.36. The van der Waals surface area contributed by atoms with Crippen LogP contribution in [0.15, 0.2) is 24.4 Å². The van der Waals surface area contributed by atoms with Crippen molar-refractivity contribution in [2.45, 2.75) is 0 Å². The third-order valence-corrected chi connectivity index (χ3v) is 4.11. The largest absolute Gasteiger partial charge is 0.368 e. The van der Waals surface area contributed by atoms with Crippen molar-refractivity contribution >= 4 is 40.0 Å². The zero-order valence-electron chi connectivity index (χ0n) is 9.27. The Kier molecular flexibility index (Phi) is 3.07. The molecule has 0 aliphatic carbocycles. The fourth-order valence-electron chi connectivity index (χ4n) is 2.07. The smallest absolute Gasteiger partial charge is 0.0951 e. The van der Waals surface area contributed by atoms with Gasteiger partial charge in [-0.25, -0.2) is 0 Å². The van der Waals surface area contributed by atoms with Crippen LogP contribution in [0.4, 0.5) is 5.69 Å². The highest BCUT2D eigenvalue weighted by molar-refractivity contribution is 7.99. The molecule has 0 atom stereocenters. The van der Waals surface area contributed by atoms with Gasteiger partial charge in [0.1, 0.15) is 0 Å². The van der Waals surface area contributed by atoms with Crippen molar-refractivity contribution in [3.05, 3.63) is 29.4 Å². The highest BCUT2D eigenvalue weighted by atomic mass is 35.5. The van der Waals surface area contributed by atoms with Crippen LogP contribution in [0.1, 0.15) is 0 Å². The maximum absolute atomic E-state index is 6.06.